The zero-order valence-electron chi connectivity index (χ0n) is 14.3. The molecule has 3 nitrogen and oxygen atoms in total. The SMILES string of the molecule is C[C@H](NC(=O)C12CC3CC(CC(C3)C1)C2)c1cc2ccccc2o1. The van der Waals surface area contributed by atoms with Gasteiger partial charge in [0.05, 0.1) is 6.04 Å². The summed E-state index contributed by atoms with van der Waals surface area (Å²) in [5.74, 6) is 3.51. The highest BCUT2D eigenvalue weighted by molar-refractivity contribution is 5.84. The number of rotatable bonds is 3. The fraction of sp³-hybridized carbons (Fsp3) is 0.571. The third-order valence-corrected chi connectivity index (χ3v) is 6.74. The Kier molecular flexibility index (Phi) is 3.10. The maximum Gasteiger partial charge on any atom is 0.226 e. The van der Waals surface area contributed by atoms with E-state index in [1.54, 1.807) is 0 Å². The van der Waals surface area contributed by atoms with Crippen molar-refractivity contribution < 1.29 is 9.21 Å². The van der Waals surface area contributed by atoms with Crippen molar-refractivity contribution in [3.63, 3.8) is 0 Å². The molecule has 4 aliphatic carbocycles. The molecule has 0 saturated heterocycles. The predicted molar refractivity (Wildman–Crippen MR) is 93.4 cm³/mol. The van der Waals surface area contributed by atoms with E-state index in [1.807, 2.05) is 25.1 Å². The predicted octanol–water partition coefficient (Wildman–Crippen LogP) is 4.83. The zero-order chi connectivity index (χ0) is 16.3. The van der Waals surface area contributed by atoms with Gasteiger partial charge in [-0.25, -0.2) is 0 Å². The number of furan rings is 1. The Morgan fingerprint density at radius 1 is 1.12 bits per heavy atom. The lowest BCUT2D eigenvalue weighted by Gasteiger charge is -2.55. The standard InChI is InChI=1S/C21H25NO2/c1-13(19-9-17-4-2-3-5-18(17)24-19)22-20(23)21-10-14-6-15(11-21)8-16(7-14)12-21/h2-5,9,13-16H,6-8,10-12H2,1H3,(H,22,23)/t13-,14?,15?,16?,21?/m0/s1. The fourth-order valence-electron chi connectivity index (χ4n) is 6.03. The first-order valence-corrected chi connectivity index (χ1v) is 9.41. The molecule has 0 spiro atoms. The van der Waals surface area contributed by atoms with Gasteiger partial charge in [0.15, 0.2) is 0 Å². The first-order valence-electron chi connectivity index (χ1n) is 9.41. The van der Waals surface area contributed by atoms with E-state index in [2.05, 4.69) is 17.4 Å². The highest BCUT2D eigenvalue weighted by Gasteiger charge is 2.54. The van der Waals surface area contributed by atoms with Gasteiger partial charge in [0.1, 0.15) is 11.3 Å². The minimum Gasteiger partial charge on any atom is -0.459 e. The van der Waals surface area contributed by atoms with Gasteiger partial charge in [0.2, 0.25) is 5.91 Å². The molecular weight excluding hydrogens is 298 g/mol. The number of carbonyl (C=O) groups is 1. The largest absolute Gasteiger partial charge is 0.459 e. The smallest absolute Gasteiger partial charge is 0.226 e. The van der Waals surface area contributed by atoms with Crippen LogP contribution >= 0.6 is 0 Å². The quantitative estimate of drug-likeness (QED) is 0.879. The minimum atomic E-state index is -0.0883. The van der Waals surface area contributed by atoms with E-state index < -0.39 is 0 Å². The van der Waals surface area contributed by atoms with Gasteiger partial charge >= 0.3 is 0 Å². The van der Waals surface area contributed by atoms with Crippen LogP contribution in [0.5, 0.6) is 0 Å². The van der Waals surface area contributed by atoms with Crippen LogP contribution < -0.4 is 5.32 Å². The molecule has 24 heavy (non-hydrogen) atoms. The Morgan fingerprint density at radius 2 is 1.75 bits per heavy atom. The topological polar surface area (TPSA) is 42.2 Å². The number of nitrogens with one attached hydrogen (secondary N) is 1. The van der Waals surface area contributed by atoms with Crippen LogP contribution in [0.4, 0.5) is 0 Å². The van der Waals surface area contributed by atoms with Crippen LogP contribution in [0.25, 0.3) is 11.0 Å². The van der Waals surface area contributed by atoms with E-state index in [-0.39, 0.29) is 17.4 Å². The van der Waals surface area contributed by atoms with Crippen molar-refractivity contribution in [2.75, 3.05) is 0 Å². The molecule has 126 valence electrons. The maximum atomic E-state index is 13.1. The summed E-state index contributed by atoms with van der Waals surface area (Å²) in [5.41, 5.74) is 0.804. The van der Waals surface area contributed by atoms with E-state index in [0.717, 1.165) is 53.7 Å². The third kappa shape index (κ3) is 2.21. The molecule has 4 saturated carbocycles. The molecule has 0 aliphatic heterocycles. The number of hydrogen-bond donors (Lipinski definition) is 1. The number of fused-ring (bicyclic) bond motifs is 1. The van der Waals surface area contributed by atoms with Gasteiger partial charge in [0.25, 0.3) is 0 Å². The molecule has 0 radical (unpaired) electrons. The van der Waals surface area contributed by atoms with Crippen LogP contribution in [0, 0.1) is 23.2 Å². The lowest BCUT2D eigenvalue weighted by molar-refractivity contribution is -0.147. The fourth-order valence-corrected chi connectivity index (χ4v) is 6.03. The number of para-hydroxylation sites is 1. The second-order valence-corrected chi connectivity index (χ2v) is 8.58. The summed E-state index contributed by atoms with van der Waals surface area (Å²) in [6.07, 6.45) is 7.43. The van der Waals surface area contributed by atoms with Crippen LogP contribution in [0.1, 0.15) is 57.3 Å². The van der Waals surface area contributed by atoms with Crippen LogP contribution in [0.15, 0.2) is 34.7 Å². The van der Waals surface area contributed by atoms with E-state index in [0.29, 0.717) is 0 Å². The molecular formula is C21H25NO2. The molecule has 4 aliphatic rings. The summed E-state index contributed by atoms with van der Waals surface area (Å²) in [6.45, 7) is 2.04. The zero-order valence-corrected chi connectivity index (χ0v) is 14.3. The third-order valence-electron chi connectivity index (χ3n) is 6.74. The molecule has 1 aromatic heterocycles. The lowest BCUT2D eigenvalue weighted by Crippen LogP contribution is -2.53. The van der Waals surface area contributed by atoms with Crippen molar-refractivity contribution in [3.8, 4) is 0 Å². The van der Waals surface area contributed by atoms with E-state index in [9.17, 15) is 4.79 Å². The summed E-state index contributed by atoms with van der Waals surface area (Å²) in [6, 6.07) is 10.0. The maximum absolute atomic E-state index is 13.1. The molecule has 1 heterocycles. The number of benzene rings is 1. The average molecular weight is 323 g/mol. The Balaban J connectivity index is 1.36. The van der Waals surface area contributed by atoms with Crippen LogP contribution in [-0.2, 0) is 4.79 Å². The molecule has 6 rings (SSSR count). The monoisotopic (exact) mass is 323 g/mol. The second kappa shape index (κ2) is 5.11. The first-order chi connectivity index (χ1) is 11.6. The highest BCUT2D eigenvalue weighted by Crippen LogP contribution is 2.60. The molecule has 0 unspecified atom stereocenters. The van der Waals surface area contributed by atoms with Crippen molar-refractivity contribution >= 4 is 16.9 Å². The number of amides is 1. The highest BCUT2D eigenvalue weighted by atomic mass is 16.3. The summed E-state index contributed by atoms with van der Waals surface area (Å²) in [4.78, 5) is 13.1. The van der Waals surface area contributed by atoms with Crippen molar-refractivity contribution in [2.24, 2.45) is 23.2 Å². The molecule has 4 bridgehead atoms. The van der Waals surface area contributed by atoms with Crippen LogP contribution in [0.3, 0.4) is 0 Å². The average Bonchev–Trinajstić information content (AvgIpc) is 2.97. The molecule has 2 aromatic rings. The molecule has 1 aromatic carbocycles. The van der Waals surface area contributed by atoms with Crippen LogP contribution in [-0.4, -0.2) is 5.91 Å². The normalized spacial score (nSPS) is 35.3. The van der Waals surface area contributed by atoms with Crippen molar-refractivity contribution in [1.29, 1.82) is 0 Å². The minimum absolute atomic E-state index is 0.0714. The van der Waals surface area contributed by atoms with Crippen molar-refractivity contribution in [1.82, 2.24) is 5.32 Å². The summed E-state index contributed by atoms with van der Waals surface area (Å²) >= 11 is 0. The Morgan fingerprint density at radius 3 is 2.38 bits per heavy atom. The van der Waals surface area contributed by atoms with Gasteiger partial charge in [-0.3, -0.25) is 4.79 Å². The number of carbonyl (C=O) groups excluding carboxylic acids is 1. The van der Waals surface area contributed by atoms with Gasteiger partial charge in [-0.15, -0.1) is 0 Å². The summed E-state index contributed by atoms with van der Waals surface area (Å²) in [7, 11) is 0. The van der Waals surface area contributed by atoms with Gasteiger partial charge in [-0.05, 0) is 75.3 Å². The lowest BCUT2D eigenvalue weighted by atomic mass is 9.49. The van der Waals surface area contributed by atoms with Crippen molar-refractivity contribution in [3.05, 3.63) is 36.1 Å². The van der Waals surface area contributed by atoms with Gasteiger partial charge in [-0.1, -0.05) is 18.2 Å². The van der Waals surface area contributed by atoms with Gasteiger partial charge in [0, 0.05) is 10.8 Å². The van der Waals surface area contributed by atoms with Crippen molar-refractivity contribution in [2.45, 2.75) is 51.5 Å². The summed E-state index contributed by atoms with van der Waals surface area (Å²) in [5, 5.41) is 4.38. The molecule has 4 fully saturated rings. The van der Waals surface area contributed by atoms with Gasteiger partial charge < -0.3 is 9.73 Å². The Bertz CT molecular complexity index is 722. The molecule has 1 amide bonds. The summed E-state index contributed by atoms with van der Waals surface area (Å²) < 4.78 is 5.93. The van der Waals surface area contributed by atoms with Gasteiger partial charge in [-0.2, -0.15) is 0 Å². The van der Waals surface area contributed by atoms with E-state index >= 15 is 0 Å². The first kappa shape index (κ1) is 14.6. The number of hydrogen-bond acceptors (Lipinski definition) is 2. The second-order valence-electron chi connectivity index (χ2n) is 8.58. The van der Waals surface area contributed by atoms with Crippen LogP contribution in [0.2, 0.25) is 0 Å². The van der Waals surface area contributed by atoms with E-state index in [1.165, 1.54) is 19.3 Å². The molecule has 1 atom stereocenters. The Hall–Kier alpha value is -1.77. The van der Waals surface area contributed by atoms with E-state index in [4.69, 9.17) is 4.42 Å². The Labute approximate surface area is 142 Å². The molecule has 3 heteroatoms. The molecule has 1 N–H and O–H groups in total.